The predicted molar refractivity (Wildman–Crippen MR) is 58.0 cm³/mol. The second-order valence-electron chi connectivity index (χ2n) is 3.42. The van der Waals surface area contributed by atoms with Crippen molar-refractivity contribution < 1.29 is 0 Å². The van der Waals surface area contributed by atoms with E-state index in [0.717, 1.165) is 12.8 Å². The summed E-state index contributed by atoms with van der Waals surface area (Å²) in [7, 11) is 0. The van der Waals surface area contributed by atoms with Crippen LogP contribution in [0, 0.1) is 5.92 Å². The first-order valence-electron chi connectivity index (χ1n) is 5.10. The molecule has 0 atom stereocenters. The lowest BCUT2D eigenvalue weighted by Gasteiger charge is -2.12. The molecule has 0 bridgehead atoms. The molecule has 0 unspecified atom stereocenters. The van der Waals surface area contributed by atoms with Crippen LogP contribution in [0.25, 0.3) is 0 Å². The van der Waals surface area contributed by atoms with Gasteiger partial charge in [0.05, 0.1) is 0 Å². The first-order valence-corrected chi connectivity index (χ1v) is 5.10. The SMILES string of the molecule is CCC(CC)CNc1n[nH]c(=O)[nH]c1=O. The van der Waals surface area contributed by atoms with Crippen molar-refractivity contribution >= 4 is 5.82 Å². The molecular formula is C9H16N4O2. The van der Waals surface area contributed by atoms with Gasteiger partial charge < -0.3 is 5.32 Å². The molecule has 3 N–H and O–H groups in total. The van der Waals surface area contributed by atoms with E-state index in [2.05, 4.69) is 34.3 Å². The summed E-state index contributed by atoms with van der Waals surface area (Å²) in [5.41, 5.74) is -1.07. The summed E-state index contributed by atoms with van der Waals surface area (Å²) in [6, 6.07) is 0. The quantitative estimate of drug-likeness (QED) is 0.655. The summed E-state index contributed by atoms with van der Waals surface area (Å²) >= 11 is 0. The lowest BCUT2D eigenvalue weighted by Crippen LogP contribution is -2.28. The van der Waals surface area contributed by atoms with Crippen LogP contribution in [0.5, 0.6) is 0 Å². The molecule has 6 nitrogen and oxygen atoms in total. The van der Waals surface area contributed by atoms with Gasteiger partial charge in [0, 0.05) is 6.54 Å². The van der Waals surface area contributed by atoms with Gasteiger partial charge in [-0.3, -0.25) is 9.78 Å². The van der Waals surface area contributed by atoms with Crippen molar-refractivity contribution in [3.63, 3.8) is 0 Å². The summed E-state index contributed by atoms with van der Waals surface area (Å²) in [6.07, 6.45) is 2.09. The van der Waals surface area contributed by atoms with Crippen LogP contribution in [0.2, 0.25) is 0 Å². The Balaban J connectivity index is 2.65. The fourth-order valence-electron chi connectivity index (χ4n) is 1.29. The minimum Gasteiger partial charge on any atom is -0.364 e. The van der Waals surface area contributed by atoms with E-state index in [-0.39, 0.29) is 5.82 Å². The second-order valence-corrected chi connectivity index (χ2v) is 3.42. The monoisotopic (exact) mass is 212 g/mol. The summed E-state index contributed by atoms with van der Waals surface area (Å²) in [5.74, 6) is 0.680. The van der Waals surface area contributed by atoms with Crippen LogP contribution < -0.4 is 16.6 Å². The van der Waals surface area contributed by atoms with Gasteiger partial charge in [-0.05, 0) is 5.92 Å². The molecule has 6 heteroatoms. The van der Waals surface area contributed by atoms with Crippen LogP contribution in [0.1, 0.15) is 26.7 Å². The van der Waals surface area contributed by atoms with Gasteiger partial charge in [-0.15, -0.1) is 5.10 Å². The molecule has 0 radical (unpaired) electrons. The normalized spacial score (nSPS) is 10.6. The van der Waals surface area contributed by atoms with Crippen LogP contribution in [0.3, 0.4) is 0 Å². The lowest BCUT2D eigenvalue weighted by molar-refractivity contribution is 0.517. The predicted octanol–water partition coefficient (Wildman–Crippen LogP) is 0.306. The molecule has 0 spiro atoms. The Morgan fingerprint density at radius 2 is 2.00 bits per heavy atom. The zero-order valence-electron chi connectivity index (χ0n) is 8.96. The van der Waals surface area contributed by atoms with Gasteiger partial charge in [0.15, 0.2) is 0 Å². The largest absolute Gasteiger partial charge is 0.364 e. The van der Waals surface area contributed by atoms with E-state index in [0.29, 0.717) is 12.5 Å². The van der Waals surface area contributed by atoms with Crippen molar-refractivity contribution in [2.24, 2.45) is 5.92 Å². The third-order valence-electron chi connectivity index (χ3n) is 2.42. The Bertz CT molecular complexity index is 405. The highest BCUT2D eigenvalue weighted by Crippen LogP contribution is 2.06. The number of anilines is 1. The van der Waals surface area contributed by atoms with Gasteiger partial charge in [-0.1, -0.05) is 26.7 Å². The maximum absolute atomic E-state index is 11.2. The Morgan fingerprint density at radius 1 is 1.33 bits per heavy atom. The number of hydrogen-bond acceptors (Lipinski definition) is 4. The maximum Gasteiger partial charge on any atom is 0.342 e. The lowest BCUT2D eigenvalue weighted by atomic mass is 10.0. The number of nitrogens with zero attached hydrogens (tertiary/aromatic N) is 1. The van der Waals surface area contributed by atoms with Crippen molar-refractivity contribution in [3.05, 3.63) is 20.8 Å². The highest BCUT2D eigenvalue weighted by molar-refractivity contribution is 5.28. The smallest absolute Gasteiger partial charge is 0.342 e. The molecule has 1 rings (SSSR count). The van der Waals surface area contributed by atoms with E-state index in [1.165, 1.54) is 0 Å². The molecule has 84 valence electrons. The molecule has 0 saturated heterocycles. The number of hydrogen-bond donors (Lipinski definition) is 3. The molecule has 0 amide bonds. The van der Waals surface area contributed by atoms with Crippen LogP contribution in [-0.2, 0) is 0 Å². The fourth-order valence-corrected chi connectivity index (χ4v) is 1.29. The fraction of sp³-hybridized carbons (Fsp3) is 0.667. The van der Waals surface area contributed by atoms with Crippen molar-refractivity contribution in [1.29, 1.82) is 0 Å². The van der Waals surface area contributed by atoms with E-state index in [1.54, 1.807) is 0 Å². The minimum atomic E-state index is -0.590. The highest BCUT2D eigenvalue weighted by Gasteiger charge is 2.05. The van der Waals surface area contributed by atoms with Crippen LogP contribution in [0.4, 0.5) is 5.82 Å². The summed E-state index contributed by atoms with van der Waals surface area (Å²) in [4.78, 5) is 24.0. The standard InChI is InChI=1S/C9H16N4O2/c1-3-6(4-2)5-10-7-8(14)11-9(15)13-12-7/h6H,3-5H2,1-2H3,(H,10,12)(H2,11,13,14,15). The van der Waals surface area contributed by atoms with Gasteiger partial charge in [0.1, 0.15) is 0 Å². The molecular weight excluding hydrogens is 196 g/mol. The minimum absolute atomic E-state index is 0.168. The molecule has 0 aromatic carbocycles. The Hall–Kier alpha value is -1.59. The topological polar surface area (TPSA) is 90.6 Å². The third kappa shape index (κ3) is 3.23. The van der Waals surface area contributed by atoms with Crippen molar-refractivity contribution in [1.82, 2.24) is 15.2 Å². The molecule has 1 heterocycles. The van der Waals surface area contributed by atoms with Crippen LogP contribution >= 0.6 is 0 Å². The molecule has 1 aromatic rings. The van der Waals surface area contributed by atoms with Gasteiger partial charge in [-0.25, -0.2) is 9.89 Å². The zero-order chi connectivity index (χ0) is 11.3. The molecule has 0 aliphatic rings. The van der Waals surface area contributed by atoms with E-state index in [1.807, 2.05) is 0 Å². The highest BCUT2D eigenvalue weighted by atomic mass is 16.2. The van der Waals surface area contributed by atoms with E-state index >= 15 is 0 Å². The van der Waals surface area contributed by atoms with Gasteiger partial charge in [0.2, 0.25) is 5.82 Å². The number of aromatic nitrogens is 3. The molecule has 1 aromatic heterocycles. The van der Waals surface area contributed by atoms with Crippen molar-refractivity contribution in [3.8, 4) is 0 Å². The van der Waals surface area contributed by atoms with Gasteiger partial charge >= 0.3 is 5.69 Å². The number of nitrogens with one attached hydrogen (secondary N) is 3. The van der Waals surface area contributed by atoms with Gasteiger partial charge in [0.25, 0.3) is 5.56 Å². The molecule has 0 aliphatic carbocycles. The second kappa shape index (κ2) is 5.33. The number of rotatable bonds is 5. The van der Waals surface area contributed by atoms with Crippen molar-refractivity contribution in [2.75, 3.05) is 11.9 Å². The number of H-pyrrole nitrogens is 2. The van der Waals surface area contributed by atoms with E-state index in [9.17, 15) is 9.59 Å². The Morgan fingerprint density at radius 3 is 2.53 bits per heavy atom. The van der Waals surface area contributed by atoms with E-state index in [4.69, 9.17) is 0 Å². The van der Waals surface area contributed by atoms with Gasteiger partial charge in [-0.2, -0.15) is 0 Å². The average Bonchev–Trinajstić information content (AvgIpc) is 2.22. The van der Waals surface area contributed by atoms with Crippen LogP contribution in [0.15, 0.2) is 9.59 Å². The molecule has 15 heavy (non-hydrogen) atoms. The molecule has 0 fully saturated rings. The molecule has 0 aliphatic heterocycles. The summed E-state index contributed by atoms with van der Waals surface area (Å²) in [6.45, 7) is 4.88. The third-order valence-corrected chi connectivity index (χ3v) is 2.42. The molecule has 0 saturated carbocycles. The van der Waals surface area contributed by atoms with E-state index < -0.39 is 11.2 Å². The maximum atomic E-state index is 11.2. The van der Waals surface area contributed by atoms with Crippen molar-refractivity contribution in [2.45, 2.75) is 26.7 Å². The Labute approximate surface area is 87.1 Å². The summed E-state index contributed by atoms with van der Waals surface area (Å²) in [5, 5.41) is 8.72. The first kappa shape index (κ1) is 11.5. The number of aromatic amines is 2. The first-order chi connectivity index (χ1) is 7.17. The van der Waals surface area contributed by atoms with Crippen LogP contribution in [-0.4, -0.2) is 21.7 Å². The zero-order valence-corrected chi connectivity index (χ0v) is 8.96. The summed E-state index contributed by atoms with van der Waals surface area (Å²) < 4.78 is 0. The average molecular weight is 212 g/mol. The Kier molecular flexibility index (Phi) is 4.08.